The van der Waals surface area contributed by atoms with Crippen molar-refractivity contribution in [2.75, 3.05) is 0 Å². The van der Waals surface area contributed by atoms with Crippen LogP contribution in [0.3, 0.4) is 0 Å². The number of Topliss-reactive ketones (excluding diaryl/α,β-unsaturated/α-hetero) is 1. The number of hydrogen-bond donors (Lipinski definition) is 0. The Bertz CT molecular complexity index is 238. The first-order valence-corrected chi connectivity index (χ1v) is 5.44. The first-order valence-electron chi connectivity index (χ1n) is 4.68. The predicted molar refractivity (Wildman–Crippen MR) is 62.7 cm³/mol. The topological polar surface area (TPSA) is 17.1 Å². The summed E-state index contributed by atoms with van der Waals surface area (Å²) in [4.78, 5) is 10.7. The maximum Gasteiger partial charge on any atom is 0.130 e. The first kappa shape index (κ1) is 13.7. The van der Waals surface area contributed by atoms with E-state index in [4.69, 9.17) is 23.2 Å². The fourth-order valence-electron chi connectivity index (χ4n) is 1.03. The van der Waals surface area contributed by atoms with Gasteiger partial charge in [0, 0.05) is 6.42 Å². The number of carbonyl (C=O) groups is 1. The largest absolute Gasteiger partial charge is 0.300 e. The molecule has 0 saturated carbocycles. The Kier molecular flexibility index (Phi) is 7.92. The molecule has 0 N–H and O–H groups in total. The van der Waals surface area contributed by atoms with Crippen molar-refractivity contribution >= 4 is 29.0 Å². The van der Waals surface area contributed by atoms with Crippen LogP contribution in [0.15, 0.2) is 22.2 Å². The molecule has 0 aliphatic rings. The SMILES string of the molecule is CC(=O)CC/C=C(\C)CCC=C(Cl)Cl. The molecule has 14 heavy (non-hydrogen) atoms. The summed E-state index contributed by atoms with van der Waals surface area (Å²) in [6, 6.07) is 0. The lowest BCUT2D eigenvalue weighted by atomic mass is 10.1. The third kappa shape index (κ3) is 9.82. The van der Waals surface area contributed by atoms with E-state index in [1.165, 1.54) is 5.57 Å². The summed E-state index contributed by atoms with van der Waals surface area (Å²) in [7, 11) is 0. The highest BCUT2D eigenvalue weighted by Gasteiger charge is 1.92. The summed E-state index contributed by atoms with van der Waals surface area (Å²) in [6.45, 7) is 3.66. The van der Waals surface area contributed by atoms with Crippen molar-refractivity contribution in [3.05, 3.63) is 22.2 Å². The molecule has 0 spiro atoms. The number of hydrogen-bond acceptors (Lipinski definition) is 1. The van der Waals surface area contributed by atoms with Crippen LogP contribution in [0.4, 0.5) is 0 Å². The van der Waals surface area contributed by atoms with E-state index in [1.54, 1.807) is 13.0 Å². The van der Waals surface area contributed by atoms with Crippen LogP contribution >= 0.6 is 23.2 Å². The van der Waals surface area contributed by atoms with Gasteiger partial charge in [-0.25, -0.2) is 0 Å². The van der Waals surface area contributed by atoms with E-state index in [0.717, 1.165) is 19.3 Å². The minimum atomic E-state index is 0.234. The molecule has 0 aromatic carbocycles. The second-order valence-corrected chi connectivity index (χ2v) is 4.33. The highest BCUT2D eigenvalue weighted by Crippen LogP contribution is 2.12. The summed E-state index contributed by atoms with van der Waals surface area (Å²) < 4.78 is 0.321. The van der Waals surface area contributed by atoms with Crippen molar-refractivity contribution in [1.82, 2.24) is 0 Å². The Balaban J connectivity index is 3.67. The van der Waals surface area contributed by atoms with Gasteiger partial charge < -0.3 is 4.79 Å². The van der Waals surface area contributed by atoms with E-state index >= 15 is 0 Å². The lowest BCUT2D eigenvalue weighted by Crippen LogP contribution is -1.87. The van der Waals surface area contributed by atoms with Gasteiger partial charge in [-0.15, -0.1) is 0 Å². The van der Waals surface area contributed by atoms with Gasteiger partial charge >= 0.3 is 0 Å². The summed E-state index contributed by atoms with van der Waals surface area (Å²) >= 11 is 10.9. The van der Waals surface area contributed by atoms with Crippen molar-refractivity contribution in [2.24, 2.45) is 0 Å². The minimum absolute atomic E-state index is 0.234. The first-order chi connectivity index (χ1) is 6.52. The van der Waals surface area contributed by atoms with E-state index < -0.39 is 0 Å². The zero-order valence-electron chi connectivity index (χ0n) is 8.65. The molecule has 0 unspecified atom stereocenters. The van der Waals surface area contributed by atoms with Crippen LogP contribution in [0.2, 0.25) is 0 Å². The summed E-state index contributed by atoms with van der Waals surface area (Å²) in [5.41, 5.74) is 1.28. The third-order valence-electron chi connectivity index (χ3n) is 1.83. The Hall–Kier alpha value is -0.270. The number of carbonyl (C=O) groups excluding carboxylic acids is 1. The summed E-state index contributed by atoms with van der Waals surface area (Å²) in [5.74, 6) is 0.234. The molecule has 0 rings (SSSR count). The summed E-state index contributed by atoms with van der Waals surface area (Å²) in [5, 5.41) is 0. The Labute approximate surface area is 95.8 Å². The van der Waals surface area contributed by atoms with Crippen molar-refractivity contribution in [1.29, 1.82) is 0 Å². The van der Waals surface area contributed by atoms with E-state index in [0.29, 0.717) is 10.9 Å². The summed E-state index contributed by atoms with van der Waals surface area (Å²) in [6.07, 6.45) is 7.14. The lowest BCUT2D eigenvalue weighted by Gasteiger charge is -1.97. The number of halogens is 2. The van der Waals surface area contributed by atoms with E-state index in [2.05, 4.69) is 13.0 Å². The molecule has 0 aromatic rings. The normalized spacial score (nSPS) is 11.3. The van der Waals surface area contributed by atoms with E-state index in [9.17, 15) is 4.79 Å². The van der Waals surface area contributed by atoms with Crippen molar-refractivity contribution in [3.63, 3.8) is 0 Å². The van der Waals surface area contributed by atoms with Gasteiger partial charge in [0.25, 0.3) is 0 Å². The molecule has 3 heteroatoms. The molecule has 0 saturated heterocycles. The second kappa shape index (κ2) is 8.07. The van der Waals surface area contributed by atoms with Gasteiger partial charge in [-0.1, -0.05) is 40.9 Å². The van der Waals surface area contributed by atoms with Gasteiger partial charge in [0.1, 0.15) is 10.3 Å². The molecule has 0 radical (unpaired) electrons. The van der Waals surface area contributed by atoms with Crippen LogP contribution in [-0.4, -0.2) is 5.78 Å². The van der Waals surface area contributed by atoms with Crippen LogP contribution < -0.4 is 0 Å². The third-order valence-corrected chi connectivity index (χ3v) is 2.14. The van der Waals surface area contributed by atoms with Crippen LogP contribution in [0, 0.1) is 0 Å². The maximum absolute atomic E-state index is 10.7. The fourth-order valence-corrected chi connectivity index (χ4v) is 1.25. The minimum Gasteiger partial charge on any atom is -0.300 e. The molecule has 0 aliphatic carbocycles. The molecule has 0 aromatic heterocycles. The molecule has 0 heterocycles. The van der Waals surface area contributed by atoms with Crippen LogP contribution in [0.25, 0.3) is 0 Å². The molecule has 0 amide bonds. The van der Waals surface area contributed by atoms with Gasteiger partial charge in [0.2, 0.25) is 0 Å². The molecular formula is C11H16Cl2O. The molecule has 80 valence electrons. The molecular weight excluding hydrogens is 219 g/mol. The fraction of sp³-hybridized carbons (Fsp3) is 0.545. The molecule has 0 bridgehead atoms. The zero-order chi connectivity index (χ0) is 11.0. The molecule has 0 atom stereocenters. The van der Waals surface area contributed by atoms with Crippen molar-refractivity contribution in [3.8, 4) is 0 Å². The Morgan fingerprint density at radius 1 is 1.07 bits per heavy atom. The molecule has 0 fully saturated rings. The van der Waals surface area contributed by atoms with E-state index in [1.807, 2.05) is 0 Å². The smallest absolute Gasteiger partial charge is 0.130 e. The van der Waals surface area contributed by atoms with Crippen LogP contribution in [0.1, 0.15) is 39.5 Å². The van der Waals surface area contributed by atoms with Crippen molar-refractivity contribution < 1.29 is 4.79 Å². The highest BCUT2D eigenvalue weighted by molar-refractivity contribution is 6.55. The van der Waals surface area contributed by atoms with Gasteiger partial charge in [-0.2, -0.15) is 0 Å². The highest BCUT2D eigenvalue weighted by atomic mass is 35.5. The Morgan fingerprint density at radius 3 is 2.14 bits per heavy atom. The average molecular weight is 235 g/mol. The number of rotatable bonds is 6. The molecule has 0 aliphatic heterocycles. The van der Waals surface area contributed by atoms with Crippen LogP contribution in [0.5, 0.6) is 0 Å². The monoisotopic (exact) mass is 234 g/mol. The van der Waals surface area contributed by atoms with Gasteiger partial charge in [0.15, 0.2) is 0 Å². The average Bonchev–Trinajstić information content (AvgIpc) is 2.02. The number of ketones is 1. The van der Waals surface area contributed by atoms with Gasteiger partial charge in [-0.3, -0.25) is 0 Å². The maximum atomic E-state index is 10.7. The van der Waals surface area contributed by atoms with Crippen molar-refractivity contribution in [2.45, 2.75) is 39.5 Å². The predicted octanol–water partition coefficient (Wildman–Crippen LogP) is 4.40. The number of allylic oxidation sites excluding steroid dienone is 3. The van der Waals surface area contributed by atoms with Gasteiger partial charge in [-0.05, 0) is 33.1 Å². The van der Waals surface area contributed by atoms with Gasteiger partial charge in [0.05, 0.1) is 0 Å². The van der Waals surface area contributed by atoms with Crippen LogP contribution in [-0.2, 0) is 4.79 Å². The zero-order valence-corrected chi connectivity index (χ0v) is 10.2. The standard InChI is InChI=1S/C11H16Cl2O/c1-9(5-3-7-10(2)14)6-4-8-11(12)13/h5,8H,3-4,6-7H2,1-2H3/b9-5+. The lowest BCUT2D eigenvalue weighted by molar-refractivity contribution is -0.116. The molecule has 1 nitrogen and oxygen atoms in total. The quantitative estimate of drug-likeness (QED) is 0.623. The Morgan fingerprint density at radius 2 is 1.64 bits per heavy atom. The van der Waals surface area contributed by atoms with E-state index in [-0.39, 0.29) is 5.78 Å². The second-order valence-electron chi connectivity index (χ2n) is 3.32.